The lowest BCUT2D eigenvalue weighted by Crippen LogP contribution is -2.15. The van der Waals surface area contributed by atoms with Crippen LogP contribution in [0.4, 0.5) is 11.4 Å². The van der Waals surface area contributed by atoms with E-state index in [0.29, 0.717) is 85.0 Å². The Morgan fingerprint density at radius 2 is 0.917 bits per heavy atom. The third-order valence-corrected chi connectivity index (χ3v) is 4.54. The van der Waals surface area contributed by atoms with E-state index >= 15 is 0 Å². The van der Waals surface area contributed by atoms with Crippen LogP contribution in [0.3, 0.4) is 0 Å². The molecule has 0 aliphatic carbocycles. The standard InChI is InChI=1S/C26H38N2O8/c1-22(29)28-24-4-8-26(9-5-24)36-21-19-34-17-15-32-13-11-30-10-12-31-14-16-33-18-20-35-25-6-2-23(27)3-7-25/h2-9H,10-21,27H2,1H3,(H,28,29). The minimum atomic E-state index is -0.105. The number of nitrogens with one attached hydrogen (secondary N) is 1. The Kier molecular flexibility index (Phi) is 15.7. The second-order valence-electron chi connectivity index (χ2n) is 7.53. The molecule has 10 nitrogen and oxygen atoms in total. The Bertz CT molecular complexity index is 818. The van der Waals surface area contributed by atoms with Gasteiger partial charge in [0.2, 0.25) is 5.91 Å². The molecule has 0 spiro atoms. The quantitative estimate of drug-likeness (QED) is 0.195. The van der Waals surface area contributed by atoms with Crippen molar-refractivity contribution in [3.8, 4) is 11.5 Å². The number of anilines is 2. The number of nitrogen functional groups attached to an aromatic ring is 1. The third-order valence-electron chi connectivity index (χ3n) is 4.54. The molecule has 0 atom stereocenters. The molecule has 0 unspecified atom stereocenters. The lowest BCUT2D eigenvalue weighted by molar-refractivity contribution is -0.114. The van der Waals surface area contributed by atoms with Crippen LogP contribution in [-0.2, 0) is 28.5 Å². The van der Waals surface area contributed by atoms with Crippen molar-refractivity contribution in [3.63, 3.8) is 0 Å². The van der Waals surface area contributed by atoms with Crippen molar-refractivity contribution >= 4 is 17.3 Å². The summed E-state index contributed by atoms with van der Waals surface area (Å²) >= 11 is 0. The Morgan fingerprint density at radius 3 is 1.28 bits per heavy atom. The summed E-state index contributed by atoms with van der Waals surface area (Å²) < 4.78 is 38.4. The largest absolute Gasteiger partial charge is 0.491 e. The van der Waals surface area contributed by atoms with Crippen molar-refractivity contribution in [2.75, 3.05) is 90.3 Å². The van der Waals surface area contributed by atoms with Crippen LogP contribution in [0, 0.1) is 0 Å². The van der Waals surface area contributed by atoms with Gasteiger partial charge in [-0.15, -0.1) is 0 Å². The molecule has 0 bridgehead atoms. The SMILES string of the molecule is CC(=O)Nc1ccc(OCCOCCOCCOCCOCCOCCOc2ccc(N)cc2)cc1. The van der Waals surface area contributed by atoms with E-state index in [2.05, 4.69) is 5.32 Å². The highest BCUT2D eigenvalue weighted by Gasteiger charge is 1.98. The Morgan fingerprint density at radius 1 is 0.583 bits per heavy atom. The molecule has 0 aromatic heterocycles. The first-order valence-electron chi connectivity index (χ1n) is 12.0. The fourth-order valence-corrected chi connectivity index (χ4v) is 2.82. The number of hydrogen-bond acceptors (Lipinski definition) is 9. The van der Waals surface area contributed by atoms with Crippen LogP contribution in [0.25, 0.3) is 0 Å². The van der Waals surface area contributed by atoms with Gasteiger partial charge >= 0.3 is 0 Å². The lowest BCUT2D eigenvalue weighted by Gasteiger charge is -2.09. The van der Waals surface area contributed by atoms with Gasteiger partial charge in [0.1, 0.15) is 24.7 Å². The number of rotatable bonds is 21. The van der Waals surface area contributed by atoms with Crippen LogP contribution < -0.4 is 20.5 Å². The maximum atomic E-state index is 11.0. The molecule has 1 amide bonds. The molecule has 2 rings (SSSR count). The Balaban J connectivity index is 1.26. The summed E-state index contributed by atoms with van der Waals surface area (Å²) in [5.41, 5.74) is 7.07. The lowest BCUT2D eigenvalue weighted by atomic mass is 10.3. The van der Waals surface area contributed by atoms with Gasteiger partial charge in [-0.2, -0.15) is 0 Å². The van der Waals surface area contributed by atoms with Crippen LogP contribution in [0.1, 0.15) is 6.92 Å². The van der Waals surface area contributed by atoms with Gasteiger partial charge in [0.15, 0.2) is 0 Å². The van der Waals surface area contributed by atoms with Gasteiger partial charge < -0.3 is 44.2 Å². The van der Waals surface area contributed by atoms with E-state index in [4.69, 9.17) is 38.9 Å². The summed E-state index contributed by atoms with van der Waals surface area (Å²) in [6.45, 7) is 7.33. The molecule has 0 fully saturated rings. The number of carbonyl (C=O) groups excluding carboxylic acids is 1. The smallest absolute Gasteiger partial charge is 0.221 e. The average Bonchev–Trinajstić information content (AvgIpc) is 2.87. The zero-order valence-electron chi connectivity index (χ0n) is 20.9. The summed E-state index contributed by atoms with van der Waals surface area (Å²) in [7, 11) is 0. The molecule has 0 saturated heterocycles. The third kappa shape index (κ3) is 15.2. The zero-order valence-corrected chi connectivity index (χ0v) is 20.9. The van der Waals surface area contributed by atoms with E-state index < -0.39 is 0 Å². The summed E-state index contributed by atoms with van der Waals surface area (Å²) in [6.07, 6.45) is 0. The van der Waals surface area contributed by atoms with Crippen LogP contribution in [0.2, 0.25) is 0 Å². The molecule has 10 heteroatoms. The van der Waals surface area contributed by atoms with Gasteiger partial charge in [0.05, 0.1) is 66.1 Å². The van der Waals surface area contributed by atoms with Gasteiger partial charge in [-0.3, -0.25) is 4.79 Å². The van der Waals surface area contributed by atoms with Crippen molar-refractivity contribution in [1.29, 1.82) is 0 Å². The first-order chi connectivity index (χ1) is 17.6. The van der Waals surface area contributed by atoms with E-state index in [9.17, 15) is 4.79 Å². The molecule has 3 N–H and O–H groups in total. The molecule has 0 saturated carbocycles. The fourth-order valence-electron chi connectivity index (χ4n) is 2.82. The van der Waals surface area contributed by atoms with Crippen molar-refractivity contribution in [2.45, 2.75) is 6.92 Å². The van der Waals surface area contributed by atoms with E-state index in [1.54, 1.807) is 36.4 Å². The molecule has 2 aromatic carbocycles. The van der Waals surface area contributed by atoms with Crippen molar-refractivity contribution in [2.24, 2.45) is 0 Å². The van der Waals surface area contributed by atoms with Crippen LogP contribution in [0.15, 0.2) is 48.5 Å². The van der Waals surface area contributed by atoms with Crippen molar-refractivity contribution < 1.29 is 38.0 Å². The van der Waals surface area contributed by atoms with Crippen molar-refractivity contribution in [3.05, 3.63) is 48.5 Å². The van der Waals surface area contributed by atoms with Crippen molar-refractivity contribution in [1.82, 2.24) is 0 Å². The monoisotopic (exact) mass is 506 g/mol. The number of nitrogens with two attached hydrogens (primary N) is 1. The van der Waals surface area contributed by atoms with Gasteiger partial charge in [-0.05, 0) is 48.5 Å². The van der Waals surface area contributed by atoms with Gasteiger partial charge in [-0.25, -0.2) is 0 Å². The van der Waals surface area contributed by atoms with Gasteiger partial charge in [-0.1, -0.05) is 0 Å². The highest BCUT2D eigenvalue weighted by atomic mass is 16.6. The second kappa shape index (κ2) is 19.3. The highest BCUT2D eigenvalue weighted by Crippen LogP contribution is 2.15. The van der Waals surface area contributed by atoms with E-state index in [1.807, 2.05) is 12.1 Å². The minimum Gasteiger partial charge on any atom is -0.491 e. The van der Waals surface area contributed by atoms with Crippen LogP contribution >= 0.6 is 0 Å². The Hall–Kier alpha value is -2.89. The molecule has 2 aromatic rings. The first-order valence-corrected chi connectivity index (χ1v) is 12.0. The topological polar surface area (TPSA) is 120 Å². The normalized spacial score (nSPS) is 10.8. The number of ether oxygens (including phenoxy) is 7. The first kappa shape index (κ1) is 29.3. The zero-order chi connectivity index (χ0) is 25.7. The molecule has 0 radical (unpaired) electrons. The fraction of sp³-hybridized carbons (Fsp3) is 0.500. The number of hydrogen-bond donors (Lipinski definition) is 2. The molecule has 36 heavy (non-hydrogen) atoms. The predicted molar refractivity (Wildman–Crippen MR) is 137 cm³/mol. The minimum absolute atomic E-state index is 0.105. The summed E-state index contributed by atoms with van der Waals surface area (Å²) in [5, 5.41) is 2.71. The van der Waals surface area contributed by atoms with E-state index in [1.165, 1.54) is 6.92 Å². The maximum Gasteiger partial charge on any atom is 0.221 e. The van der Waals surface area contributed by atoms with Crippen LogP contribution in [-0.4, -0.2) is 85.2 Å². The number of benzene rings is 2. The molecule has 0 heterocycles. The van der Waals surface area contributed by atoms with Gasteiger partial charge in [0, 0.05) is 18.3 Å². The number of amides is 1. The van der Waals surface area contributed by atoms with E-state index in [-0.39, 0.29) is 5.91 Å². The molecule has 200 valence electrons. The van der Waals surface area contributed by atoms with E-state index in [0.717, 1.165) is 17.2 Å². The summed E-state index contributed by atoms with van der Waals surface area (Å²) in [5.74, 6) is 1.39. The summed E-state index contributed by atoms with van der Waals surface area (Å²) in [4.78, 5) is 11.0. The Labute approximate surface area is 212 Å². The van der Waals surface area contributed by atoms with Crippen LogP contribution in [0.5, 0.6) is 11.5 Å². The average molecular weight is 507 g/mol. The number of carbonyl (C=O) groups is 1. The summed E-state index contributed by atoms with van der Waals surface area (Å²) in [6, 6.07) is 14.4. The highest BCUT2D eigenvalue weighted by molar-refractivity contribution is 5.88. The molecule has 0 aliphatic rings. The maximum absolute atomic E-state index is 11.0. The predicted octanol–water partition coefficient (Wildman–Crippen LogP) is 2.77. The second-order valence-corrected chi connectivity index (χ2v) is 7.53. The van der Waals surface area contributed by atoms with Gasteiger partial charge in [0.25, 0.3) is 0 Å². The molecular formula is C26H38N2O8. The molecular weight excluding hydrogens is 468 g/mol. The molecule has 0 aliphatic heterocycles.